The topological polar surface area (TPSA) is 66.4 Å². The van der Waals surface area contributed by atoms with Crippen LogP contribution < -0.4 is 5.11 Å². The van der Waals surface area contributed by atoms with E-state index in [0.29, 0.717) is 17.4 Å². The summed E-state index contributed by atoms with van der Waals surface area (Å²) in [5.41, 5.74) is 0. The van der Waals surface area contributed by atoms with Gasteiger partial charge in [0.1, 0.15) is 6.54 Å². The molecule has 0 spiro atoms. The van der Waals surface area contributed by atoms with Crippen LogP contribution in [0.15, 0.2) is 0 Å². The average Bonchev–Trinajstić information content (AvgIpc) is 2.72. The van der Waals surface area contributed by atoms with E-state index in [-0.39, 0.29) is 12.4 Å². The number of hydrogen-bond acceptors (Lipinski definition) is 4. The number of ether oxygens (including phenoxy) is 1. The lowest BCUT2D eigenvalue weighted by Gasteiger charge is -2.29. The first-order valence-electron chi connectivity index (χ1n) is 14.3. The highest BCUT2D eigenvalue weighted by molar-refractivity contribution is 5.70. The van der Waals surface area contributed by atoms with Gasteiger partial charge >= 0.3 is 5.97 Å². The van der Waals surface area contributed by atoms with Crippen LogP contribution in [-0.2, 0) is 14.3 Å². The number of rotatable bonds is 24. The van der Waals surface area contributed by atoms with Crippen LogP contribution in [0.5, 0.6) is 0 Å². The molecule has 0 aromatic heterocycles. The molecule has 202 valence electrons. The van der Waals surface area contributed by atoms with E-state index in [4.69, 9.17) is 4.74 Å². The molecule has 0 N–H and O–H groups in total. The third kappa shape index (κ3) is 24.0. The molecule has 0 heterocycles. The Bertz CT molecular complexity index is 501. The summed E-state index contributed by atoms with van der Waals surface area (Å²) >= 11 is 0. The molecule has 0 aliphatic heterocycles. The number of hydrogen-bond donors (Lipinski definition) is 0. The van der Waals surface area contributed by atoms with E-state index in [1.807, 2.05) is 21.1 Å². The van der Waals surface area contributed by atoms with Crippen molar-refractivity contribution in [2.24, 2.45) is 5.92 Å². The standard InChI is InChI=1S/C29H57NO4/c1-6-7-18-21-26(2)22-19-16-14-12-10-8-9-11-13-15-17-20-23-29(33)34-27(24-28(31)32)25-30(3,4)5/h26-27H,6-25H2,1-5H3. The van der Waals surface area contributed by atoms with Crippen molar-refractivity contribution in [1.82, 2.24) is 0 Å². The Morgan fingerprint density at radius 2 is 1.18 bits per heavy atom. The van der Waals surface area contributed by atoms with Crippen molar-refractivity contribution in [2.75, 3.05) is 27.7 Å². The zero-order valence-electron chi connectivity index (χ0n) is 23.4. The second-order valence-corrected chi connectivity index (χ2v) is 11.5. The summed E-state index contributed by atoms with van der Waals surface area (Å²) in [6.07, 6.45) is 21.7. The van der Waals surface area contributed by atoms with E-state index in [1.165, 1.54) is 89.9 Å². The van der Waals surface area contributed by atoms with Gasteiger partial charge in [-0.2, -0.15) is 0 Å². The summed E-state index contributed by atoms with van der Waals surface area (Å²) in [7, 11) is 5.86. The Balaban J connectivity index is 3.53. The van der Waals surface area contributed by atoms with Crippen molar-refractivity contribution in [1.29, 1.82) is 0 Å². The van der Waals surface area contributed by atoms with Crippen LogP contribution in [0.3, 0.4) is 0 Å². The van der Waals surface area contributed by atoms with E-state index in [0.717, 1.165) is 25.2 Å². The molecule has 2 atom stereocenters. The summed E-state index contributed by atoms with van der Waals surface area (Å²) in [4.78, 5) is 23.0. The average molecular weight is 484 g/mol. The van der Waals surface area contributed by atoms with Crippen molar-refractivity contribution in [2.45, 2.75) is 142 Å². The molecule has 0 radical (unpaired) electrons. The maximum atomic E-state index is 12.1. The maximum Gasteiger partial charge on any atom is 0.306 e. The molecule has 0 amide bonds. The minimum Gasteiger partial charge on any atom is -0.550 e. The van der Waals surface area contributed by atoms with Crippen LogP contribution in [0.25, 0.3) is 0 Å². The molecule has 5 nitrogen and oxygen atoms in total. The predicted molar refractivity (Wildman–Crippen MR) is 140 cm³/mol. The quantitative estimate of drug-likeness (QED) is 0.0902. The van der Waals surface area contributed by atoms with Gasteiger partial charge in [-0.15, -0.1) is 0 Å². The molecule has 0 aliphatic carbocycles. The number of carboxylic acid groups (broad SMARTS) is 1. The first-order chi connectivity index (χ1) is 16.1. The Morgan fingerprint density at radius 1 is 0.735 bits per heavy atom. The highest BCUT2D eigenvalue weighted by Gasteiger charge is 2.22. The van der Waals surface area contributed by atoms with E-state index in [1.54, 1.807) is 0 Å². The van der Waals surface area contributed by atoms with Gasteiger partial charge in [0.2, 0.25) is 0 Å². The number of carboxylic acids is 1. The number of aliphatic carboxylic acids is 1. The largest absolute Gasteiger partial charge is 0.550 e. The van der Waals surface area contributed by atoms with Crippen LogP contribution in [0.2, 0.25) is 0 Å². The molecule has 0 aliphatic rings. The molecule has 2 unspecified atom stereocenters. The van der Waals surface area contributed by atoms with Gasteiger partial charge in [0.15, 0.2) is 6.10 Å². The van der Waals surface area contributed by atoms with Crippen molar-refractivity contribution >= 4 is 11.9 Å². The van der Waals surface area contributed by atoms with Crippen molar-refractivity contribution in [3.8, 4) is 0 Å². The number of quaternary nitrogens is 1. The third-order valence-corrected chi connectivity index (χ3v) is 6.57. The minimum absolute atomic E-state index is 0.237. The number of esters is 1. The van der Waals surface area contributed by atoms with Crippen LogP contribution in [0.1, 0.15) is 136 Å². The van der Waals surface area contributed by atoms with Gasteiger partial charge in [0.05, 0.1) is 21.1 Å². The lowest BCUT2D eigenvalue weighted by molar-refractivity contribution is -0.873. The fraction of sp³-hybridized carbons (Fsp3) is 0.931. The highest BCUT2D eigenvalue weighted by Crippen LogP contribution is 2.18. The first-order valence-corrected chi connectivity index (χ1v) is 14.3. The van der Waals surface area contributed by atoms with E-state index in [9.17, 15) is 14.7 Å². The SMILES string of the molecule is CCCCCC(C)CCCCCCCCCCCCCCC(=O)OC(CC(=O)[O-])C[N+](C)(C)C. The summed E-state index contributed by atoms with van der Waals surface area (Å²) in [6.45, 7) is 5.17. The minimum atomic E-state index is -1.17. The zero-order valence-corrected chi connectivity index (χ0v) is 23.4. The van der Waals surface area contributed by atoms with Crippen molar-refractivity contribution in [3.05, 3.63) is 0 Å². The summed E-state index contributed by atoms with van der Waals surface area (Å²) in [6, 6.07) is 0. The van der Waals surface area contributed by atoms with E-state index < -0.39 is 12.1 Å². The molecular weight excluding hydrogens is 426 g/mol. The van der Waals surface area contributed by atoms with Gasteiger partial charge in [0.25, 0.3) is 0 Å². The molecule has 0 bridgehead atoms. The molecule has 0 rings (SSSR count). The second-order valence-electron chi connectivity index (χ2n) is 11.5. The Hall–Kier alpha value is -1.10. The second kappa shape index (κ2) is 21.2. The zero-order chi connectivity index (χ0) is 25.7. The lowest BCUT2D eigenvalue weighted by Crippen LogP contribution is -2.45. The molecule has 0 saturated carbocycles. The Morgan fingerprint density at radius 3 is 1.62 bits per heavy atom. The molecule has 0 aromatic rings. The Labute approximate surface area is 211 Å². The summed E-state index contributed by atoms with van der Waals surface area (Å²) in [5, 5.41) is 10.9. The summed E-state index contributed by atoms with van der Waals surface area (Å²) < 4.78 is 5.95. The Kier molecular flexibility index (Phi) is 20.5. The maximum absolute atomic E-state index is 12.1. The number of carbonyl (C=O) groups excluding carboxylic acids is 2. The van der Waals surface area contributed by atoms with Gasteiger partial charge in [0, 0.05) is 18.8 Å². The smallest absolute Gasteiger partial charge is 0.306 e. The van der Waals surface area contributed by atoms with Crippen LogP contribution in [0, 0.1) is 5.92 Å². The van der Waals surface area contributed by atoms with Crippen molar-refractivity contribution in [3.63, 3.8) is 0 Å². The summed E-state index contributed by atoms with van der Waals surface area (Å²) in [5.74, 6) is -0.545. The van der Waals surface area contributed by atoms with Gasteiger partial charge in [-0.05, 0) is 12.3 Å². The molecule has 5 heteroatoms. The fourth-order valence-corrected chi connectivity index (χ4v) is 4.60. The molecule has 0 fully saturated rings. The lowest BCUT2D eigenvalue weighted by atomic mass is 9.96. The van der Waals surface area contributed by atoms with Gasteiger partial charge in [-0.3, -0.25) is 4.79 Å². The third-order valence-electron chi connectivity index (χ3n) is 6.57. The highest BCUT2D eigenvalue weighted by atomic mass is 16.5. The molecular formula is C29H57NO4. The van der Waals surface area contributed by atoms with Crippen LogP contribution >= 0.6 is 0 Å². The number of likely N-dealkylation sites (N-methyl/N-ethyl adjacent to an activating group) is 1. The monoisotopic (exact) mass is 483 g/mol. The van der Waals surface area contributed by atoms with Crippen LogP contribution in [-0.4, -0.2) is 50.2 Å². The number of nitrogens with zero attached hydrogens (tertiary/aromatic N) is 1. The van der Waals surface area contributed by atoms with E-state index in [2.05, 4.69) is 13.8 Å². The van der Waals surface area contributed by atoms with Gasteiger partial charge < -0.3 is 19.1 Å². The van der Waals surface area contributed by atoms with Crippen molar-refractivity contribution < 1.29 is 23.9 Å². The van der Waals surface area contributed by atoms with Crippen LogP contribution in [0.4, 0.5) is 0 Å². The number of carbonyl (C=O) groups is 2. The first kappa shape index (κ1) is 32.9. The van der Waals surface area contributed by atoms with Gasteiger partial charge in [-0.1, -0.05) is 117 Å². The number of unbranched alkanes of at least 4 members (excludes halogenated alkanes) is 13. The predicted octanol–water partition coefficient (Wildman–Crippen LogP) is 6.42. The van der Waals surface area contributed by atoms with Gasteiger partial charge in [-0.25, -0.2) is 0 Å². The molecule has 0 aromatic carbocycles. The molecule has 34 heavy (non-hydrogen) atoms. The van der Waals surface area contributed by atoms with E-state index >= 15 is 0 Å². The fourth-order valence-electron chi connectivity index (χ4n) is 4.60. The normalized spacial score (nSPS) is 13.6. The molecule has 0 saturated heterocycles.